The lowest BCUT2D eigenvalue weighted by Crippen LogP contribution is -2.37. The Kier molecular flexibility index (Phi) is 6.11. The van der Waals surface area contributed by atoms with Crippen LogP contribution in [0.1, 0.15) is 24.5 Å². The van der Waals surface area contributed by atoms with E-state index in [0.717, 1.165) is 24.0 Å². The fraction of sp³-hybridized carbons (Fsp3) is 0.538. The molecule has 0 aliphatic carbocycles. The van der Waals surface area contributed by atoms with Crippen LogP contribution in [0.3, 0.4) is 0 Å². The Hall–Kier alpha value is -0.970. The molecule has 1 aromatic rings. The van der Waals surface area contributed by atoms with E-state index in [0.29, 0.717) is 13.2 Å². The van der Waals surface area contributed by atoms with Crippen LogP contribution in [0.25, 0.3) is 0 Å². The van der Waals surface area contributed by atoms with Gasteiger partial charge in [-0.3, -0.25) is 11.3 Å². The Morgan fingerprint density at radius 1 is 1.47 bits per heavy atom. The van der Waals surface area contributed by atoms with Crippen molar-refractivity contribution >= 4 is 0 Å². The molecule has 3 nitrogen and oxygen atoms in total. The van der Waals surface area contributed by atoms with Gasteiger partial charge in [-0.05, 0) is 49.9 Å². The number of nitrogens with one attached hydrogen (secondary N) is 1. The van der Waals surface area contributed by atoms with E-state index in [-0.39, 0.29) is 11.9 Å². The molecule has 4 heteroatoms. The van der Waals surface area contributed by atoms with Crippen LogP contribution < -0.4 is 11.3 Å². The molecule has 0 aromatic heterocycles. The first-order chi connectivity index (χ1) is 8.17. The summed E-state index contributed by atoms with van der Waals surface area (Å²) in [5.41, 5.74) is 4.85. The van der Waals surface area contributed by atoms with Gasteiger partial charge in [0.1, 0.15) is 5.82 Å². The molecule has 0 saturated heterocycles. The van der Waals surface area contributed by atoms with Crippen molar-refractivity contribution < 1.29 is 9.13 Å². The van der Waals surface area contributed by atoms with E-state index in [1.54, 1.807) is 6.07 Å². The van der Waals surface area contributed by atoms with Crippen LogP contribution in [0.15, 0.2) is 18.2 Å². The molecule has 96 valence electrons. The lowest BCUT2D eigenvalue weighted by molar-refractivity contribution is 0.136. The van der Waals surface area contributed by atoms with E-state index >= 15 is 0 Å². The average molecular weight is 240 g/mol. The molecule has 1 atom stereocenters. The van der Waals surface area contributed by atoms with E-state index in [4.69, 9.17) is 10.6 Å². The third-order valence-corrected chi connectivity index (χ3v) is 2.82. The average Bonchev–Trinajstić information content (AvgIpc) is 2.31. The van der Waals surface area contributed by atoms with Crippen LogP contribution in [0.2, 0.25) is 0 Å². The summed E-state index contributed by atoms with van der Waals surface area (Å²) in [5.74, 6) is 5.31. The minimum atomic E-state index is -0.196. The third kappa shape index (κ3) is 4.81. The van der Waals surface area contributed by atoms with Crippen molar-refractivity contribution in [3.05, 3.63) is 35.1 Å². The van der Waals surface area contributed by atoms with E-state index in [1.165, 1.54) is 6.07 Å². The molecular weight excluding hydrogens is 219 g/mol. The second-order valence-corrected chi connectivity index (χ2v) is 4.12. The van der Waals surface area contributed by atoms with Crippen molar-refractivity contribution in [1.29, 1.82) is 0 Å². The van der Waals surface area contributed by atoms with Crippen LogP contribution in [0.5, 0.6) is 0 Å². The molecule has 0 amide bonds. The molecule has 0 aliphatic heterocycles. The standard InChI is InChI=1S/C13H21FN2O/c1-3-17-7-6-13(16-15)9-11-4-5-12(14)8-10(11)2/h4-5,8,13,16H,3,6-7,9,15H2,1-2H3. The molecular formula is C13H21FN2O. The van der Waals surface area contributed by atoms with Crippen molar-refractivity contribution in [2.24, 2.45) is 5.84 Å². The van der Waals surface area contributed by atoms with Gasteiger partial charge in [-0.25, -0.2) is 4.39 Å². The number of rotatable bonds is 7. The van der Waals surface area contributed by atoms with Gasteiger partial charge in [0.15, 0.2) is 0 Å². The Morgan fingerprint density at radius 3 is 2.82 bits per heavy atom. The quantitative estimate of drug-likeness (QED) is 0.435. The summed E-state index contributed by atoms with van der Waals surface area (Å²) in [4.78, 5) is 0. The van der Waals surface area contributed by atoms with Gasteiger partial charge in [-0.15, -0.1) is 0 Å². The first kappa shape index (κ1) is 14.1. The molecule has 0 spiro atoms. The van der Waals surface area contributed by atoms with Gasteiger partial charge < -0.3 is 4.74 Å². The smallest absolute Gasteiger partial charge is 0.123 e. The van der Waals surface area contributed by atoms with E-state index in [1.807, 2.05) is 19.9 Å². The summed E-state index contributed by atoms with van der Waals surface area (Å²) in [6.45, 7) is 5.28. The first-order valence-corrected chi connectivity index (χ1v) is 5.96. The summed E-state index contributed by atoms with van der Waals surface area (Å²) in [7, 11) is 0. The van der Waals surface area contributed by atoms with Crippen molar-refractivity contribution in [2.45, 2.75) is 32.7 Å². The molecule has 0 heterocycles. The summed E-state index contributed by atoms with van der Waals surface area (Å²) < 4.78 is 18.3. The first-order valence-electron chi connectivity index (χ1n) is 5.96. The van der Waals surface area contributed by atoms with E-state index in [2.05, 4.69) is 5.43 Å². The maximum absolute atomic E-state index is 13.0. The fourth-order valence-electron chi connectivity index (χ4n) is 1.77. The fourth-order valence-corrected chi connectivity index (χ4v) is 1.77. The van der Waals surface area contributed by atoms with Gasteiger partial charge >= 0.3 is 0 Å². The number of aryl methyl sites for hydroxylation is 1. The van der Waals surface area contributed by atoms with Crippen LogP contribution in [0, 0.1) is 12.7 Å². The van der Waals surface area contributed by atoms with Crippen LogP contribution in [0.4, 0.5) is 4.39 Å². The highest BCUT2D eigenvalue weighted by Crippen LogP contribution is 2.13. The SMILES string of the molecule is CCOCCC(Cc1ccc(F)cc1C)NN. The molecule has 0 fully saturated rings. The summed E-state index contributed by atoms with van der Waals surface area (Å²) >= 11 is 0. The zero-order valence-electron chi connectivity index (χ0n) is 10.5. The zero-order valence-corrected chi connectivity index (χ0v) is 10.5. The van der Waals surface area contributed by atoms with Crippen molar-refractivity contribution in [1.82, 2.24) is 5.43 Å². The van der Waals surface area contributed by atoms with Gasteiger partial charge in [0.25, 0.3) is 0 Å². The van der Waals surface area contributed by atoms with Crippen LogP contribution in [-0.2, 0) is 11.2 Å². The molecule has 0 saturated carbocycles. The molecule has 1 unspecified atom stereocenters. The van der Waals surface area contributed by atoms with Crippen molar-refractivity contribution in [3.63, 3.8) is 0 Å². The zero-order chi connectivity index (χ0) is 12.7. The second kappa shape index (κ2) is 7.37. The summed E-state index contributed by atoms with van der Waals surface area (Å²) in [6.07, 6.45) is 1.64. The van der Waals surface area contributed by atoms with Gasteiger partial charge in [0, 0.05) is 19.3 Å². The van der Waals surface area contributed by atoms with E-state index in [9.17, 15) is 4.39 Å². The number of nitrogens with two attached hydrogens (primary N) is 1. The lowest BCUT2D eigenvalue weighted by atomic mass is 10.00. The predicted molar refractivity (Wildman–Crippen MR) is 67.1 cm³/mol. The van der Waals surface area contributed by atoms with Crippen molar-refractivity contribution in [3.8, 4) is 0 Å². The minimum absolute atomic E-state index is 0.158. The highest BCUT2D eigenvalue weighted by molar-refractivity contribution is 5.27. The van der Waals surface area contributed by atoms with Gasteiger partial charge in [-0.1, -0.05) is 6.07 Å². The largest absolute Gasteiger partial charge is 0.382 e. The minimum Gasteiger partial charge on any atom is -0.382 e. The number of ether oxygens (including phenoxy) is 1. The number of hydrazine groups is 1. The molecule has 17 heavy (non-hydrogen) atoms. The van der Waals surface area contributed by atoms with Gasteiger partial charge in [-0.2, -0.15) is 0 Å². The maximum Gasteiger partial charge on any atom is 0.123 e. The summed E-state index contributed by atoms with van der Waals surface area (Å²) in [6, 6.07) is 5.00. The molecule has 3 N–H and O–H groups in total. The Balaban J connectivity index is 2.54. The number of hydrogen-bond donors (Lipinski definition) is 2. The number of benzene rings is 1. The summed E-state index contributed by atoms with van der Waals surface area (Å²) in [5, 5.41) is 0. The topological polar surface area (TPSA) is 47.3 Å². The molecule has 0 bridgehead atoms. The maximum atomic E-state index is 13.0. The second-order valence-electron chi connectivity index (χ2n) is 4.12. The highest BCUT2D eigenvalue weighted by atomic mass is 19.1. The molecule has 1 aromatic carbocycles. The third-order valence-electron chi connectivity index (χ3n) is 2.82. The molecule has 0 aliphatic rings. The Morgan fingerprint density at radius 2 is 2.24 bits per heavy atom. The predicted octanol–water partition coefficient (Wildman–Crippen LogP) is 1.94. The number of halogens is 1. The Labute approximate surface area is 102 Å². The number of hydrogen-bond acceptors (Lipinski definition) is 3. The van der Waals surface area contributed by atoms with Gasteiger partial charge in [0.05, 0.1) is 0 Å². The highest BCUT2D eigenvalue weighted by Gasteiger charge is 2.09. The Bertz CT molecular complexity index is 344. The van der Waals surface area contributed by atoms with Gasteiger partial charge in [0.2, 0.25) is 0 Å². The molecule has 1 rings (SSSR count). The molecule has 0 radical (unpaired) electrons. The lowest BCUT2D eigenvalue weighted by Gasteiger charge is -2.17. The monoisotopic (exact) mass is 240 g/mol. The van der Waals surface area contributed by atoms with Crippen LogP contribution >= 0.6 is 0 Å². The van der Waals surface area contributed by atoms with Crippen LogP contribution in [-0.4, -0.2) is 19.3 Å². The van der Waals surface area contributed by atoms with E-state index < -0.39 is 0 Å². The normalized spacial score (nSPS) is 12.7. The van der Waals surface area contributed by atoms with Crippen molar-refractivity contribution in [2.75, 3.05) is 13.2 Å².